The van der Waals surface area contributed by atoms with Crippen LogP contribution in [0.25, 0.3) is 6.08 Å². The molecule has 0 aliphatic carbocycles. The zero-order valence-electron chi connectivity index (χ0n) is 16.7. The molecule has 6 nitrogen and oxygen atoms in total. The quantitative estimate of drug-likeness (QED) is 0.667. The lowest BCUT2D eigenvalue weighted by Crippen LogP contribution is -2.32. The second-order valence-electron chi connectivity index (χ2n) is 6.91. The van der Waals surface area contributed by atoms with Gasteiger partial charge in [0.1, 0.15) is 5.75 Å². The Bertz CT molecular complexity index is 873. The monoisotopic (exact) mass is 393 g/mol. The molecule has 29 heavy (non-hydrogen) atoms. The van der Waals surface area contributed by atoms with Crippen molar-refractivity contribution in [3.8, 4) is 5.75 Å². The molecule has 1 aliphatic rings. The van der Waals surface area contributed by atoms with Crippen LogP contribution >= 0.6 is 0 Å². The summed E-state index contributed by atoms with van der Waals surface area (Å²) in [5.74, 6) is 0.503. The zero-order valence-corrected chi connectivity index (χ0v) is 16.7. The highest BCUT2D eigenvalue weighted by molar-refractivity contribution is 6.02. The number of rotatable bonds is 7. The number of ether oxygens (including phenoxy) is 1. The number of amides is 3. The molecule has 3 rings (SSSR count). The van der Waals surface area contributed by atoms with E-state index in [4.69, 9.17) is 4.74 Å². The number of para-hydroxylation sites is 1. The second-order valence-corrected chi connectivity index (χ2v) is 6.91. The van der Waals surface area contributed by atoms with Crippen LogP contribution < -0.4 is 15.4 Å². The first-order valence-electron chi connectivity index (χ1n) is 10.0. The molecule has 1 heterocycles. The molecular weight excluding hydrogens is 366 g/mol. The maximum Gasteiger partial charge on any atom is 0.321 e. The molecule has 0 bridgehead atoms. The lowest BCUT2D eigenvalue weighted by atomic mass is 10.2. The summed E-state index contributed by atoms with van der Waals surface area (Å²) in [7, 11) is 0. The van der Waals surface area contributed by atoms with Crippen molar-refractivity contribution in [2.24, 2.45) is 0 Å². The van der Waals surface area contributed by atoms with E-state index in [-0.39, 0.29) is 11.9 Å². The van der Waals surface area contributed by atoms with Gasteiger partial charge in [-0.25, -0.2) is 4.79 Å². The second kappa shape index (κ2) is 10.3. The van der Waals surface area contributed by atoms with Crippen LogP contribution in [-0.4, -0.2) is 36.5 Å². The van der Waals surface area contributed by atoms with Crippen molar-refractivity contribution in [3.63, 3.8) is 0 Å². The molecule has 3 amide bonds. The summed E-state index contributed by atoms with van der Waals surface area (Å²) >= 11 is 0. The number of hydrogen-bond donors (Lipinski definition) is 2. The van der Waals surface area contributed by atoms with Gasteiger partial charge in [-0.05, 0) is 49.6 Å². The molecule has 1 saturated heterocycles. The first kappa shape index (κ1) is 20.5. The van der Waals surface area contributed by atoms with Gasteiger partial charge in [-0.1, -0.05) is 31.2 Å². The van der Waals surface area contributed by atoms with E-state index in [9.17, 15) is 9.59 Å². The molecular formula is C23H27N3O3. The third-order valence-corrected chi connectivity index (χ3v) is 4.57. The number of hydrogen-bond acceptors (Lipinski definition) is 3. The molecule has 0 radical (unpaired) electrons. The molecule has 1 aliphatic heterocycles. The van der Waals surface area contributed by atoms with Gasteiger partial charge in [0.25, 0.3) is 0 Å². The van der Waals surface area contributed by atoms with Crippen LogP contribution in [0.5, 0.6) is 5.75 Å². The Balaban J connectivity index is 1.59. The van der Waals surface area contributed by atoms with Gasteiger partial charge in [0.2, 0.25) is 5.91 Å². The summed E-state index contributed by atoms with van der Waals surface area (Å²) in [6, 6.07) is 14.6. The highest BCUT2D eigenvalue weighted by Gasteiger charge is 2.17. The maximum atomic E-state index is 12.3. The summed E-state index contributed by atoms with van der Waals surface area (Å²) in [6.07, 6.45) is 6.22. The van der Waals surface area contributed by atoms with Crippen LogP contribution in [0.2, 0.25) is 0 Å². The van der Waals surface area contributed by atoms with Gasteiger partial charge in [-0.15, -0.1) is 0 Å². The van der Waals surface area contributed by atoms with E-state index >= 15 is 0 Å². The number of nitrogens with one attached hydrogen (secondary N) is 2. The van der Waals surface area contributed by atoms with Crippen LogP contribution in [0.3, 0.4) is 0 Å². The normalized spacial score (nSPS) is 13.5. The van der Waals surface area contributed by atoms with Crippen molar-refractivity contribution in [2.45, 2.75) is 26.2 Å². The van der Waals surface area contributed by atoms with Crippen LogP contribution in [-0.2, 0) is 4.79 Å². The van der Waals surface area contributed by atoms with Gasteiger partial charge in [-0.2, -0.15) is 0 Å². The van der Waals surface area contributed by atoms with E-state index in [0.29, 0.717) is 18.0 Å². The predicted octanol–water partition coefficient (Wildman–Crippen LogP) is 4.76. The number of benzene rings is 2. The summed E-state index contributed by atoms with van der Waals surface area (Å²) in [5, 5.41) is 5.71. The summed E-state index contributed by atoms with van der Waals surface area (Å²) < 4.78 is 5.70. The Morgan fingerprint density at radius 2 is 1.76 bits per heavy atom. The number of urea groups is 1. The maximum absolute atomic E-state index is 12.3. The predicted molar refractivity (Wildman–Crippen MR) is 116 cm³/mol. The van der Waals surface area contributed by atoms with Gasteiger partial charge in [-0.3, -0.25) is 4.79 Å². The van der Waals surface area contributed by atoms with Gasteiger partial charge in [0.05, 0.1) is 6.61 Å². The van der Waals surface area contributed by atoms with Crippen molar-refractivity contribution in [2.75, 3.05) is 30.3 Å². The van der Waals surface area contributed by atoms with Crippen LogP contribution in [0, 0.1) is 0 Å². The van der Waals surface area contributed by atoms with Crippen molar-refractivity contribution in [1.82, 2.24) is 4.90 Å². The van der Waals surface area contributed by atoms with Gasteiger partial charge >= 0.3 is 6.03 Å². The number of likely N-dealkylation sites (tertiary alicyclic amines) is 1. The fraction of sp³-hybridized carbons (Fsp3) is 0.304. The van der Waals surface area contributed by atoms with Crippen LogP contribution in [0.1, 0.15) is 31.7 Å². The summed E-state index contributed by atoms with van der Waals surface area (Å²) in [4.78, 5) is 26.3. The van der Waals surface area contributed by atoms with Crippen LogP contribution in [0.15, 0.2) is 54.6 Å². The highest BCUT2D eigenvalue weighted by atomic mass is 16.5. The fourth-order valence-corrected chi connectivity index (χ4v) is 3.11. The Morgan fingerprint density at radius 1 is 1.03 bits per heavy atom. The molecule has 6 heteroatoms. The summed E-state index contributed by atoms with van der Waals surface area (Å²) in [5.41, 5.74) is 2.12. The smallest absolute Gasteiger partial charge is 0.321 e. The minimum Gasteiger partial charge on any atom is -0.493 e. The Morgan fingerprint density at radius 3 is 2.52 bits per heavy atom. The first-order valence-corrected chi connectivity index (χ1v) is 10.0. The van der Waals surface area contributed by atoms with E-state index in [1.807, 2.05) is 31.2 Å². The molecule has 0 saturated carbocycles. The third kappa shape index (κ3) is 6.10. The van der Waals surface area contributed by atoms with Gasteiger partial charge in [0, 0.05) is 36.1 Å². The number of carbonyl (C=O) groups excluding carboxylic acids is 2. The van der Waals surface area contributed by atoms with Crippen molar-refractivity contribution < 1.29 is 14.3 Å². The van der Waals surface area contributed by atoms with E-state index in [1.54, 1.807) is 35.2 Å². The largest absolute Gasteiger partial charge is 0.493 e. The summed E-state index contributed by atoms with van der Waals surface area (Å²) in [6.45, 7) is 4.26. The minimum absolute atomic E-state index is 0.102. The molecule has 0 aromatic heterocycles. The average molecular weight is 393 g/mol. The SMILES string of the molecule is CCCOc1ccccc1/C=C/C(=O)Nc1cccc(NC(=O)N2CCCC2)c1. The molecule has 0 atom stereocenters. The molecule has 0 spiro atoms. The number of anilines is 2. The molecule has 1 fully saturated rings. The lowest BCUT2D eigenvalue weighted by molar-refractivity contribution is -0.111. The topological polar surface area (TPSA) is 70.7 Å². The van der Waals surface area contributed by atoms with E-state index in [0.717, 1.165) is 43.7 Å². The van der Waals surface area contributed by atoms with E-state index in [1.165, 1.54) is 6.08 Å². The molecule has 2 N–H and O–H groups in total. The van der Waals surface area contributed by atoms with Gasteiger partial charge in [0.15, 0.2) is 0 Å². The Kier molecular flexibility index (Phi) is 7.28. The molecule has 0 unspecified atom stereocenters. The van der Waals surface area contributed by atoms with Crippen molar-refractivity contribution in [3.05, 3.63) is 60.2 Å². The third-order valence-electron chi connectivity index (χ3n) is 4.57. The van der Waals surface area contributed by atoms with E-state index in [2.05, 4.69) is 10.6 Å². The van der Waals surface area contributed by atoms with Crippen molar-refractivity contribution >= 4 is 29.4 Å². The van der Waals surface area contributed by atoms with Crippen LogP contribution in [0.4, 0.5) is 16.2 Å². The van der Waals surface area contributed by atoms with Gasteiger partial charge < -0.3 is 20.3 Å². The first-order chi connectivity index (χ1) is 14.2. The number of nitrogens with zero attached hydrogens (tertiary/aromatic N) is 1. The number of carbonyl (C=O) groups is 2. The lowest BCUT2D eigenvalue weighted by Gasteiger charge is -2.16. The minimum atomic E-state index is -0.252. The molecule has 152 valence electrons. The fourth-order valence-electron chi connectivity index (χ4n) is 3.11. The standard InChI is InChI=1S/C23H27N3O3/c1-2-16-29-21-11-4-3-8-18(21)12-13-22(27)24-19-9-7-10-20(17-19)25-23(28)26-14-5-6-15-26/h3-4,7-13,17H,2,5-6,14-16H2,1H3,(H,24,27)(H,25,28)/b13-12+. The Labute approximate surface area is 171 Å². The highest BCUT2D eigenvalue weighted by Crippen LogP contribution is 2.20. The molecule has 2 aromatic rings. The van der Waals surface area contributed by atoms with Crippen molar-refractivity contribution in [1.29, 1.82) is 0 Å². The zero-order chi connectivity index (χ0) is 20.5. The Hall–Kier alpha value is -3.28. The van der Waals surface area contributed by atoms with E-state index < -0.39 is 0 Å². The molecule has 2 aromatic carbocycles. The average Bonchev–Trinajstić information content (AvgIpc) is 3.27.